The van der Waals surface area contributed by atoms with Crippen LogP contribution in [0, 0.1) is 5.92 Å². The maximum Gasteiger partial charge on any atom is 0.308 e. The highest BCUT2D eigenvalue weighted by molar-refractivity contribution is 6.03. The molecule has 2 aromatic carbocycles. The van der Waals surface area contributed by atoms with Gasteiger partial charge >= 0.3 is 5.97 Å². The Bertz CT molecular complexity index is 1090. The fourth-order valence-corrected chi connectivity index (χ4v) is 5.90. The first-order valence-corrected chi connectivity index (χ1v) is 11.5. The predicted octanol–water partition coefficient (Wildman–Crippen LogP) is 5.63. The fourth-order valence-electron chi connectivity index (χ4n) is 5.90. The van der Waals surface area contributed by atoms with Gasteiger partial charge in [0, 0.05) is 36.8 Å². The van der Waals surface area contributed by atoms with E-state index in [2.05, 4.69) is 20.8 Å². The van der Waals surface area contributed by atoms with Gasteiger partial charge in [-0.2, -0.15) is 0 Å². The normalized spacial score (nSPS) is 26.5. The van der Waals surface area contributed by atoms with Crippen molar-refractivity contribution in [2.45, 2.75) is 76.9 Å². The van der Waals surface area contributed by atoms with Crippen LogP contribution in [0.25, 0.3) is 0 Å². The summed E-state index contributed by atoms with van der Waals surface area (Å²) in [5.41, 5.74) is 1.78. The summed E-state index contributed by atoms with van der Waals surface area (Å²) in [4.78, 5) is 25.5. The van der Waals surface area contributed by atoms with Gasteiger partial charge in [-0.3, -0.25) is 9.59 Å². The van der Waals surface area contributed by atoms with Crippen LogP contribution < -0.4 is 14.2 Å². The Balaban J connectivity index is 1.62. The Hall–Kier alpha value is -2.82. The van der Waals surface area contributed by atoms with Gasteiger partial charge in [-0.15, -0.1) is 0 Å². The second kappa shape index (κ2) is 7.36. The number of ether oxygens (including phenoxy) is 3. The SMILES string of the molecule is CC(=O)Oc1cc2c3c(c1C(=O)CCc1ccccc1)OC(C)(C)[C@H]1CC[C@](C)(C[C@H]31)O2. The molecule has 168 valence electrons. The van der Waals surface area contributed by atoms with Gasteiger partial charge in [-0.05, 0) is 52.0 Å². The van der Waals surface area contributed by atoms with Crippen molar-refractivity contribution in [2.75, 3.05) is 0 Å². The summed E-state index contributed by atoms with van der Waals surface area (Å²) in [7, 11) is 0. The number of carbonyl (C=O) groups excluding carboxylic acids is 2. The number of carbonyl (C=O) groups is 2. The van der Waals surface area contributed by atoms with Crippen molar-refractivity contribution in [1.82, 2.24) is 0 Å². The zero-order valence-electron chi connectivity index (χ0n) is 19.2. The van der Waals surface area contributed by atoms with Crippen molar-refractivity contribution >= 4 is 11.8 Å². The molecule has 0 spiro atoms. The van der Waals surface area contributed by atoms with E-state index >= 15 is 0 Å². The molecule has 2 aliphatic heterocycles. The highest BCUT2D eigenvalue weighted by atomic mass is 16.5. The van der Waals surface area contributed by atoms with Crippen LogP contribution in [0.1, 0.15) is 80.8 Å². The highest BCUT2D eigenvalue weighted by Gasteiger charge is 2.55. The van der Waals surface area contributed by atoms with Crippen LogP contribution in [0.3, 0.4) is 0 Å². The summed E-state index contributed by atoms with van der Waals surface area (Å²) in [6, 6.07) is 11.7. The van der Waals surface area contributed by atoms with Gasteiger partial charge in [0.25, 0.3) is 0 Å². The van der Waals surface area contributed by atoms with Crippen molar-refractivity contribution in [3.8, 4) is 17.2 Å². The Morgan fingerprint density at radius 1 is 1.12 bits per heavy atom. The zero-order chi connectivity index (χ0) is 22.7. The number of aryl methyl sites for hydroxylation is 1. The lowest BCUT2D eigenvalue weighted by Gasteiger charge is -2.55. The molecule has 0 radical (unpaired) electrons. The molecule has 0 aromatic heterocycles. The topological polar surface area (TPSA) is 61.8 Å². The molecule has 5 rings (SSSR count). The third kappa shape index (κ3) is 3.48. The number of Topliss-reactive ketones (excluding diaryl/α,β-unsaturated/α-hetero) is 1. The van der Waals surface area contributed by atoms with E-state index in [-0.39, 0.29) is 23.1 Å². The van der Waals surface area contributed by atoms with Crippen LogP contribution in [0.5, 0.6) is 17.2 Å². The monoisotopic (exact) mass is 434 g/mol. The minimum Gasteiger partial charge on any atom is -0.487 e. The first kappa shape index (κ1) is 21.0. The molecule has 1 saturated carbocycles. The highest BCUT2D eigenvalue weighted by Crippen LogP contribution is 2.62. The number of ketones is 1. The number of fused-ring (bicyclic) bond motifs is 1. The first-order chi connectivity index (χ1) is 15.2. The van der Waals surface area contributed by atoms with Gasteiger partial charge in [0.05, 0.1) is 0 Å². The molecule has 2 bridgehead atoms. The zero-order valence-corrected chi connectivity index (χ0v) is 19.2. The molecule has 1 fully saturated rings. The van der Waals surface area contributed by atoms with E-state index in [4.69, 9.17) is 14.2 Å². The lowest BCUT2D eigenvalue weighted by Crippen LogP contribution is -2.54. The lowest BCUT2D eigenvalue weighted by atomic mass is 9.61. The molecule has 2 aromatic rings. The van der Waals surface area contributed by atoms with Gasteiger partial charge in [-0.1, -0.05) is 30.3 Å². The van der Waals surface area contributed by atoms with E-state index < -0.39 is 11.6 Å². The van der Waals surface area contributed by atoms with Gasteiger partial charge in [0.1, 0.15) is 34.0 Å². The molecular weight excluding hydrogens is 404 g/mol. The molecule has 3 atom stereocenters. The summed E-state index contributed by atoms with van der Waals surface area (Å²) in [5, 5.41) is 0. The molecule has 0 unspecified atom stereocenters. The van der Waals surface area contributed by atoms with Gasteiger partial charge in [0.15, 0.2) is 5.78 Å². The minimum atomic E-state index is -0.468. The maximum absolute atomic E-state index is 13.5. The third-order valence-electron chi connectivity index (χ3n) is 7.37. The van der Waals surface area contributed by atoms with E-state index in [1.807, 2.05) is 30.3 Å². The van der Waals surface area contributed by atoms with Gasteiger partial charge in [0.2, 0.25) is 0 Å². The predicted molar refractivity (Wildman–Crippen MR) is 121 cm³/mol. The average Bonchev–Trinajstić information content (AvgIpc) is 2.71. The van der Waals surface area contributed by atoms with Crippen molar-refractivity contribution in [2.24, 2.45) is 5.92 Å². The summed E-state index contributed by atoms with van der Waals surface area (Å²) in [6.07, 6.45) is 3.81. The van der Waals surface area contributed by atoms with Crippen molar-refractivity contribution in [1.29, 1.82) is 0 Å². The van der Waals surface area contributed by atoms with Gasteiger partial charge in [-0.25, -0.2) is 0 Å². The van der Waals surface area contributed by atoms with E-state index in [0.29, 0.717) is 35.8 Å². The number of hydrogen-bond donors (Lipinski definition) is 0. The largest absolute Gasteiger partial charge is 0.487 e. The van der Waals surface area contributed by atoms with E-state index in [1.165, 1.54) is 6.92 Å². The second-order valence-corrected chi connectivity index (χ2v) is 10.2. The Kier molecular flexibility index (Phi) is 4.84. The minimum absolute atomic E-state index is 0.0821. The van der Waals surface area contributed by atoms with Crippen LogP contribution in [-0.2, 0) is 11.2 Å². The van der Waals surface area contributed by atoms with E-state index in [1.54, 1.807) is 6.07 Å². The van der Waals surface area contributed by atoms with Crippen LogP contribution in [0.4, 0.5) is 0 Å². The molecule has 0 saturated heterocycles. The summed E-state index contributed by atoms with van der Waals surface area (Å²) in [5.74, 6) is 1.55. The van der Waals surface area contributed by atoms with Crippen LogP contribution in [0.15, 0.2) is 36.4 Å². The number of benzene rings is 2. The standard InChI is InChI=1S/C27H30O5/c1-16(28)30-21-14-22-23-18-15-27(4,31-22)13-12-19(18)26(2,3)32-25(23)24(21)20(29)11-10-17-8-6-5-7-9-17/h5-9,14,18-19H,10-13,15H2,1-4H3/t18-,19-,27+/m0/s1. The van der Waals surface area contributed by atoms with E-state index in [9.17, 15) is 9.59 Å². The summed E-state index contributed by atoms with van der Waals surface area (Å²) < 4.78 is 18.5. The quantitative estimate of drug-likeness (QED) is 0.347. The third-order valence-corrected chi connectivity index (χ3v) is 7.37. The molecular formula is C27H30O5. The molecule has 3 aliphatic rings. The second-order valence-electron chi connectivity index (χ2n) is 10.2. The Labute approximate surface area is 189 Å². The molecule has 5 heteroatoms. The number of esters is 1. The molecule has 0 amide bonds. The molecule has 0 N–H and O–H groups in total. The Morgan fingerprint density at radius 3 is 2.59 bits per heavy atom. The summed E-state index contributed by atoms with van der Waals surface area (Å²) >= 11 is 0. The molecule has 32 heavy (non-hydrogen) atoms. The van der Waals surface area contributed by atoms with Crippen LogP contribution in [0.2, 0.25) is 0 Å². The fraction of sp³-hybridized carbons (Fsp3) is 0.481. The maximum atomic E-state index is 13.5. The molecule has 1 aliphatic carbocycles. The van der Waals surface area contributed by atoms with E-state index in [0.717, 1.165) is 30.4 Å². The number of rotatable bonds is 5. The molecule has 2 heterocycles. The van der Waals surface area contributed by atoms with Crippen molar-refractivity contribution < 1.29 is 23.8 Å². The van der Waals surface area contributed by atoms with Crippen molar-refractivity contribution in [3.05, 3.63) is 53.1 Å². The lowest BCUT2D eigenvalue weighted by molar-refractivity contribution is -0.131. The van der Waals surface area contributed by atoms with Crippen LogP contribution >= 0.6 is 0 Å². The summed E-state index contributed by atoms with van der Waals surface area (Å²) in [6.45, 7) is 7.71. The van der Waals surface area contributed by atoms with Gasteiger partial charge < -0.3 is 14.2 Å². The van der Waals surface area contributed by atoms with Crippen LogP contribution in [-0.4, -0.2) is 23.0 Å². The molecule has 5 nitrogen and oxygen atoms in total. The Morgan fingerprint density at radius 2 is 1.88 bits per heavy atom. The first-order valence-electron chi connectivity index (χ1n) is 11.5. The average molecular weight is 435 g/mol. The van der Waals surface area contributed by atoms with Crippen molar-refractivity contribution in [3.63, 3.8) is 0 Å². The smallest absolute Gasteiger partial charge is 0.308 e. The number of hydrogen-bond acceptors (Lipinski definition) is 5.